The van der Waals surface area contributed by atoms with Gasteiger partial charge in [-0.25, -0.2) is 0 Å². The van der Waals surface area contributed by atoms with Crippen LogP contribution in [-0.4, -0.2) is 26.1 Å². The largest absolute Gasteiger partial charge is 0.324 e. The molecule has 7 heteroatoms. The van der Waals surface area contributed by atoms with Crippen LogP contribution in [0, 0.1) is 0 Å². The predicted octanol–water partition coefficient (Wildman–Crippen LogP) is 4.04. The average Bonchev–Trinajstić information content (AvgIpc) is 3.03. The summed E-state index contributed by atoms with van der Waals surface area (Å²) < 4.78 is 0.977. The maximum absolute atomic E-state index is 12.2. The third kappa shape index (κ3) is 4.54. The molecule has 0 fully saturated rings. The van der Waals surface area contributed by atoms with Gasteiger partial charge >= 0.3 is 0 Å². The number of aromatic nitrogens is 4. The highest BCUT2D eigenvalue weighted by atomic mass is 79.9. The van der Waals surface area contributed by atoms with E-state index < -0.39 is 0 Å². The molecule has 0 saturated carbocycles. The van der Waals surface area contributed by atoms with E-state index in [1.54, 1.807) is 0 Å². The lowest BCUT2D eigenvalue weighted by molar-refractivity contribution is -0.117. The first-order valence-corrected chi connectivity index (χ1v) is 9.05. The van der Waals surface area contributed by atoms with Crippen LogP contribution in [0.1, 0.15) is 26.3 Å². The van der Waals surface area contributed by atoms with Gasteiger partial charge in [0.15, 0.2) is 0 Å². The summed E-state index contributed by atoms with van der Waals surface area (Å²) in [4.78, 5) is 13.5. The van der Waals surface area contributed by atoms with Gasteiger partial charge in [-0.2, -0.15) is 4.80 Å². The average molecular weight is 414 g/mol. The molecule has 1 N–H and O–H groups in total. The molecule has 0 aliphatic rings. The molecule has 0 bridgehead atoms. The monoisotopic (exact) mass is 413 g/mol. The zero-order chi connectivity index (χ0) is 18.7. The second kappa shape index (κ2) is 7.37. The number of hydrogen-bond donors (Lipinski definition) is 1. The van der Waals surface area contributed by atoms with Crippen molar-refractivity contribution in [1.82, 2.24) is 20.2 Å². The van der Waals surface area contributed by atoms with E-state index in [0.717, 1.165) is 15.7 Å². The fourth-order valence-electron chi connectivity index (χ4n) is 2.41. The number of halogens is 1. The van der Waals surface area contributed by atoms with Crippen LogP contribution in [0.15, 0.2) is 53.0 Å². The molecule has 3 aromatic rings. The number of amides is 1. The summed E-state index contributed by atoms with van der Waals surface area (Å²) >= 11 is 3.39. The van der Waals surface area contributed by atoms with Crippen LogP contribution in [0.3, 0.4) is 0 Å². The first-order chi connectivity index (χ1) is 12.3. The highest BCUT2D eigenvalue weighted by Gasteiger charge is 2.14. The summed E-state index contributed by atoms with van der Waals surface area (Å²) in [5.74, 6) is 0.285. The van der Waals surface area contributed by atoms with E-state index in [1.165, 1.54) is 10.4 Å². The molecule has 0 unspecified atom stereocenters. The van der Waals surface area contributed by atoms with E-state index in [1.807, 2.05) is 48.5 Å². The SMILES string of the molecule is CC(C)(C)c1ccc(NC(=O)Cn2nnc(-c3ccc(Br)cc3)n2)cc1. The van der Waals surface area contributed by atoms with Gasteiger partial charge in [0, 0.05) is 15.7 Å². The van der Waals surface area contributed by atoms with Crippen molar-refractivity contribution >= 4 is 27.5 Å². The van der Waals surface area contributed by atoms with Crippen molar-refractivity contribution in [3.63, 3.8) is 0 Å². The van der Waals surface area contributed by atoms with Gasteiger partial charge in [-0.1, -0.05) is 48.8 Å². The molecule has 0 spiro atoms. The zero-order valence-corrected chi connectivity index (χ0v) is 16.5. The minimum Gasteiger partial charge on any atom is -0.324 e. The molecule has 1 aromatic heterocycles. The van der Waals surface area contributed by atoms with Gasteiger partial charge in [0.2, 0.25) is 11.7 Å². The molecule has 0 aliphatic heterocycles. The molecule has 3 rings (SSSR count). The van der Waals surface area contributed by atoms with Crippen molar-refractivity contribution in [2.24, 2.45) is 0 Å². The lowest BCUT2D eigenvalue weighted by atomic mass is 9.87. The summed E-state index contributed by atoms with van der Waals surface area (Å²) in [5, 5.41) is 15.1. The third-order valence-corrected chi connectivity index (χ3v) is 4.40. The van der Waals surface area contributed by atoms with Gasteiger partial charge in [0.05, 0.1) is 0 Å². The van der Waals surface area contributed by atoms with E-state index >= 15 is 0 Å². The van der Waals surface area contributed by atoms with E-state index in [0.29, 0.717) is 5.82 Å². The number of nitrogens with zero attached hydrogens (tertiary/aromatic N) is 4. The molecular weight excluding hydrogens is 394 g/mol. The number of anilines is 1. The summed E-state index contributed by atoms with van der Waals surface area (Å²) in [6.45, 7) is 6.46. The Kier molecular flexibility index (Phi) is 5.18. The van der Waals surface area contributed by atoms with Crippen LogP contribution < -0.4 is 5.32 Å². The van der Waals surface area contributed by atoms with E-state index in [9.17, 15) is 4.79 Å². The minimum atomic E-state index is -0.201. The Morgan fingerprint density at radius 3 is 2.35 bits per heavy atom. The maximum Gasteiger partial charge on any atom is 0.248 e. The number of carbonyl (C=O) groups is 1. The van der Waals surface area contributed by atoms with Gasteiger partial charge in [0.25, 0.3) is 0 Å². The molecule has 26 heavy (non-hydrogen) atoms. The number of nitrogens with one attached hydrogen (secondary N) is 1. The summed E-state index contributed by atoms with van der Waals surface area (Å²) in [6, 6.07) is 15.4. The second-order valence-corrected chi connectivity index (χ2v) is 7.94. The minimum absolute atomic E-state index is 0.00451. The van der Waals surface area contributed by atoms with E-state index in [2.05, 4.69) is 57.4 Å². The molecule has 0 saturated heterocycles. The van der Waals surface area contributed by atoms with Crippen molar-refractivity contribution in [2.45, 2.75) is 32.7 Å². The number of carbonyl (C=O) groups excluding carboxylic acids is 1. The fourth-order valence-corrected chi connectivity index (χ4v) is 2.67. The van der Waals surface area contributed by atoms with Crippen LogP contribution in [0.2, 0.25) is 0 Å². The Morgan fingerprint density at radius 1 is 1.08 bits per heavy atom. The van der Waals surface area contributed by atoms with Gasteiger partial charge in [-0.3, -0.25) is 4.79 Å². The molecule has 1 heterocycles. The topological polar surface area (TPSA) is 72.7 Å². The summed E-state index contributed by atoms with van der Waals surface area (Å²) in [5.41, 5.74) is 2.89. The Balaban J connectivity index is 1.62. The van der Waals surface area contributed by atoms with E-state index in [-0.39, 0.29) is 17.9 Å². The lowest BCUT2D eigenvalue weighted by Crippen LogP contribution is -2.20. The number of tetrazole rings is 1. The molecule has 0 radical (unpaired) electrons. The Hall–Kier alpha value is -2.54. The fraction of sp³-hybridized carbons (Fsp3) is 0.263. The number of hydrogen-bond acceptors (Lipinski definition) is 4. The standard InChI is InChI=1S/C19H20BrN5O/c1-19(2,3)14-6-10-16(11-7-14)21-17(26)12-25-23-18(22-24-25)13-4-8-15(20)9-5-13/h4-11H,12H2,1-3H3,(H,21,26). The molecule has 6 nitrogen and oxygen atoms in total. The van der Waals surface area contributed by atoms with Crippen molar-refractivity contribution in [2.75, 3.05) is 5.32 Å². The Morgan fingerprint density at radius 2 is 1.73 bits per heavy atom. The van der Waals surface area contributed by atoms with Crippen LogP contribution in [0.25, 0.3) is 11.4 Å². The van der Waals surface area contributed by atoms with Crippen LogP contribution in [-0.2, 0) is 16.8 Å². The highest BCUT2D eigenvalue weighted by Crippen LogP contribution is 2.23. The molecule has 2 aromatic carbocycles. The van der Waals surface area contributed by atoms with Crippen molar-refractivity contribution in [3.05, 3.63) is 58.6 Å². The van der Waals surface area contributed by atoms with Crippen LogP contribution in [0.4, 0.5) is 5.69 Å². The molecule has 0 aliphatic carbocycles. The zero-order valence-electron chi connectivity index (χ0n) is 14.9. The molecular formula is C19H20BrN5O. The van der Waals surface area contributed by atoms with Crippen molar-refractivity contribution in [1.29, 1.82) is 0 Å². The van der Waals surface area contributed by atoms with Gasteiger partial charge in [-0.05, 0) is 52.6 Å². The second-order valence-electron chi connectivity index (χ2n) is 7.03. The lowest BCUT2D eigenvalue weighted by Gasteiger charge is -2.19. The van der Waals surface area contributed by atoms with Crippen LogP contribution >= 0.6 is 15.9 Å². The van der Waals surface area contributed by atoms with E-state index in [4.69, 9.17) is 0 Å². The Labute approximate surface area is 160 Å². The maximum atomic E-state index is 12.2. The number of rotatable bonds is 4. The highest BCUT2D eigenvalue weighted by molar-refractivity contribution is 9.10. The van der Waals surface area contributed by atoms with Crippen LogP contribution in [0.5, 0.6) is 0 Å². The Bertz CT molecular complexity index is 895. The van der Waals surface area contributed by atoms with Gasteiger partial charge in [0.1, 0.15) is 6.54 Å². The molecule has 1 amide bonds. The van der Waals surface area contributed by atoms with Gasteiger partial charge < -0.3 is 5.32 Å². The smallest absolute Gasteiger partial charge is 0.248 e. The summed E-state index contributed by atoms with van der Waals surface area (Å²) in [7, 11) is 0. The third-order valence-electron chi connectivity index (χ3n) is 3.87. The first-order valence-electron chi connectivity index (χ1n) is 8.25. The van der Waals surface area contributed by atoms with Crippen molar-refractivity contribution < 1.29 is 4.79 Å². The molecule has 134 valence electrons. The van der Waals surface area contributed by atoms with Crippen molar-refractivity contribution in [3.8, 4) is 11.4 Å². The quantitative estimate of drug-likeness (QED) is 0.700. The first kappa shape index (κ1) is 18.3. The molecule has 0 atom stereocenters. The van der Waals surface area contributed by atoms with Gasteiger partial charge in [-0.15, -0.1) is 10.2 Å². The number of benzene rings is 2. The predicted molar refractivity (Wildman–Crippen MR) is 105 cm³/mol. The normalized spacial score (nSPS) is 11.4. The summed E-state index contributed by atoms with van der Waals surface area (Å²) in [6.07, 6.45) is 0.